The second kappa shape index (κ2) is 4.64. The molecule has 0 unspecified atom stereocenters. The van der Waals surface area contributed by atoms with Crippen molar-refractivity contribution in [1.29, 1.82) is 0 Å². The van der Waals surface area contributed by atoms with Crippen LogP contribution >= 0.6 is 0 Å². The summed E-state index contributed by atoms with van der Waals surface area (Å²) in [5.74, 6) is -0.365. The molecule has 2 heteroatoms. The van der Waals surface area contributed by atoms with Gasteiger partial charge in [-0.2, -0.15) is 0 Å². The first-order valence-corrected chi connectivity index (χ1v) is 5.43. The van der Waals surface area contributed by atoms with Gasteiger partial charge in [0.05, 0.1) is 0 Å². The van der Waals surface area contributed by atoms with Crippen LogP contribution in [-0.2, 0) is 4.79 Å². The fourth-order valence-corrected chi connectivity index (χ4v) is 2.69. The molecule has 0 atom stereocenters. The number of hydrogen-bond donors (Lipinski definition) is 0. The highest BCUT2D eigenvalue weighted by Crippen LogP contribution is 2.42. The molecule has 0 aromatic heterocycles. The van der Waals surface area contributed by atoms with E-state index in [0.717, 1.165) is 12.8 Å². The Kier molecular flexibility index (Phi) is 3.76. The van der Waals surface area contributed by atoms with Crippen molar-refractivity contribution in [2.24, 2.45) is 5.41 Å². The highest BCUT2D eigenvalue weighted by Gasteiger charge is 2.32. The van der Waals surface area contributed by atoms with Crippen LogP contribution in [0.4, 0.5) is 0 Å². The van der Waals surface area contributed by atoms with Crippen molar-refractivity contribution in [2.45, 2.75) is 58.3 Å². The molecule has 0 bridgehead atoms. The zero-order valence-electron chi connectivity index (χ0n) is 8.57. The van der Waals surface area contributed by atoms with Crippen molar-refractivity contribution in [1.82, 2.24) is 5.73 Å². The molecular formula is C11H20NO. The Labute approximate surface area is 80.9 Å². The summed E-state index contributed by atoms with van der Waals surface area (Å²) in [6.45, 7) is 2.17. The molecule has 1 saturated carbocycles. The zero-order chi connectivity index (χ0) is 9.73. The van der Waals surface area contributed by atoms with Crippen LogP contribution in [0.5, 0.6) is 0 Å². The van der Waals surface area contributed by atoms with Crippen LogP contribution in [0.25, 0.3) is 0 Å². The maximum absolute atomic E-state index is 10.9. The molecule has 0 heterocycles. The minimum atomic E-state index is -0.365. The largest absolute Gasteiger partial charge is 0.273 e. The van der Waals surface area contributed by atoms with E-state index in [0.29, 0.717) is 6.42 Å². The van der Waals surface area contributed by atoms with Crippen LogP contribution in [0.1, 0.15) is 58.3 Å². The molecule has 1 aliphatic rings. The van der Waals surface area contributed by atoms with Gasteiger partial charge in [-0.1, -0.05) is 32.6 Å². The third-order valence-electron chi connectivity index (χ3n) is 3.23. The summed E-state index contributed by atoms with van der Waals surface area (Å²) in [6.07, 6.45) is 8.96. The van der Waals surface area contributed by atoms with Crippen LogP contribution in [0, 0.1) is 5.41 Å². The molecule has 2 nitrogen and oxygen atoms in total. The minimum Gasteiger partial charge on any atom is -0.273 e. The summed E-state index contributed by atoms with van der Waals surface area (Å²) in [5.41, 5.74) is 7.29. The number of rotatable bonds is 4. The van der Waals surface area contributed by atoms with Crippen LogP contribution in [0.15, 0.2) is 0 Å². The summed E-state index contributed by atoms with van der Waals surface area (Å²) < 4.78 is 0. The molecule has 0 aromatic carbocycles. The number of carbonyl (C=O) groups is 1. The van der Waals surface area contributed by atoms with Crippen LogP contribution < -0.4 is 5.73 Å². The molecule has 0 aromatic rings. The number of carbonyl (C=O) groups excluding carboxylic acids is 1. The van der Waals surface area contributed by atoms with Gasteiger partial charge in [-0.3, -0.25) is 10.5 Å². The average Bonchev–Trinajstić information content (AvgIpc) is 2.04. The summed E-state index contributed by atoms with van der Waals surface area (Å²) in [7, 11) is 0. The van der Waals surface area contributed by atoms with Gasteiger partial charge in [-0.15, -0.1) is 0 Å². The molecule has 13 heavy (non-hydrogen) atoms. The Bertz CT molecular complexity index is 165. The highest BCUT2D eigenvalue weighted by molar-refractivity contribution is 5.73. The van der Waals surface area contributed by atoms with Crippen LogP contribution in [0.3, 0.4) is 0 Å². The molecule has 75 valence electrons. The Morgan fingerprint density at radius 2 is 1.92 bits per heavy atom. The molecular weight excluding hydrogens is 162 g/mol. The summed E-state index contributed by atoms with van der Waals surface area (Å²) >= 11 is 0. The van der Waals surface area contributed by atoms with E-state index in [-0.39, 0.29) is 11.3 Å². The minimum absolute atomic E-state index is 0.214. The third-order valence-corrected chi connectivity index (χ3v) is 3.23. The fraction of sp³-hybridized carbons (Fsp3) is 0.909. The number of amides is 1. The van der Waals surface area contributed by atoms with Gasteiger partial charge in [0, 0.05) is 6.42 Å². The lowest BCUT2D eigenvalue weighted by atomic mass is 9.69. The van der Waals surface area contributed by atoms with E-state index in [9.17, 15) is 4.79 Å². The average molecular weight is 182 g/mol. The second-order valence-electron chi connectivity index (χ2n) is 4.41. The second-order valence-corrected chi connectivity index (χ2v) is 4.41. The third kappa shape index (κ3) is 3.02. The van der Waals surface area contributed by atoms with Gasteiger partial charge in [-0.25, -0.2) is 0 Å². The maximum atomic E-state index is 10.9. The lowest BCUT2D eigenvalue weighted by molar-refractivity contribution is -0.121. The SMILES string of the molecule is CCCC1(CC([NH])=O)CCCCC1. The Morgan fingerprint density at radius 3 is 2.38 bits per heavy atom. The Morgan fingerprint density at radius 1 is 1.31 bits per heavy atom. The quantitative estimate of drug-likeness (QED) is 0.659. The van der Waals surface area contributed by atoms with Gasteiger partial charge in [0.15, 0.2) is 0 Å². The van der Waals surface area contributed by atoms with E-state index in [1.54, 1.807) is 0 Å². The molecule has 1 amide bonds. The van der Waals surface area contributed by atoms with Gasteiger partial charge >= 0.3 is 0 Å². The lowest BCUT2D eigenvalue weighted by Gasteiger charge is -2.36. The molecule has 0 saturated heterocycles. The first kappa shape index (κ1) is 10.6. The first-order chi connectivity index (χ1) is 6.18. The molecule has 1 aliphatic carbocycles. The Balaban J connectivity index is 2.55. The molecule has 0 aliphatic heterocycles. The van der Waals surface area contributed by atoms with Crippen molar-refractivity contribution >= 4 is 5.91 Å². The van der Waals surface area contributed by atoms with E-state index in [1.165, 1.54) is 32.1 Å². The standard InChI is InChI=1S/C11H20NO/c1-2-6-11(9-10(12)13)7-4-3-5-8-11/h12H,2-9H2,1H3. The van der Waals surface area contributed by atoms with E-state index in [4.69, 9.17) is 5.73 Å². The predicted octanol–water partition coefficient (Wildman–Crippen LogP) is 2.94. The monoisotopic (exact) mass is 182 g/mol. The number of nitrogens with one attached hydrogen (secondary N) is 1. The number of hydrogen-bond acceptors (Lipinski definition) is 1. The van der Waals surface area contributed by atoms with Crippen LogP contribution in [0.2, 0.25) is 0 Å². The normalized spacial score (nSPS) is 21.3. The molecule has 1 N–H and O–H groups in total. The van der Waals surface area contributed by atoms with Gasteiger partial charge in [0.25, 0.3) is 0 Å². The van der Waals surface area contributed by atoms with E-state index < -0.39 is 0 Å². The molecule has 1 radical (unpaired) electrons. The molecule has 1 fully saturated rings. The maximum Gasteiger partial charge on any atom is 0.238 e. The van der Waals surface area contributed by atoms with E-state index >= 15 is 0 Å². The molecule has 0 spiro atoms. The van der Waals surface area contributed by atoms with Gasteiger partial charge in [-0.05, 0) is 24.7 Å². The first-order valence-electron chi connectivity index (χ1n) is 5.43. The summed E-state index contributed by atoms with van der Waals surface area (Å²) in [5, 5.41) is 0. The smallest absolute Gasteiger partial charge is 0.238 e. The zero-order valence-corrected chi connectivity index (χ0v) is 8.57. The van der Waals surface area contributed by atoms with Crippen molar-refractivity contribution in [3.63, 3.8) is 0 Å². The lowest BCUT2D eigenvalue weighted by Crippen LogP contribution is -2.27. The van der Waals surface area contributed by atoms with Crippen molar-refractivity contribution in [3.8, 4) is 0 Å². The van der Waals surface area contributed by atoms with Gasteiger partial charge in [0.2, 0.25) is 5.91 Å². The van der Waals surface area contributed by atoms with Crippen molar-refractivity contribution in [3.05, 3.63) is 0 Å². The van der Waals surface area contributed by atoms with Gasteiger partial charge < -0.3 is 0 Å². The van der Waals surface area contributed by atoms with E-state index in [2.05, 4.69) is 6.92 Å². The highest BCUT2D eigenvalue weighted by atomic mass is 16.1. The summed E-state index contributed by atoms with van der Waals surface area (Å²) in [4.78, 5) is 10.9. The van der Waals surface area contributed by atoms with Gasteiger partial charge in [0.1, 0.15) is 0 Å². The summed E-state index contributed by atoms with van der Waals surface area (Å²) in [6, 6.07) is 0. The topological polar surface area (TPSA) is 40.9 Å². The predicted molar refractivity (Wildman–Crippen MR) is 53.1 cm³/mol. The van der Waals surface area contributed by atoms with E-state index in [1.807, 2.05) is 0 Å². The molecule has 1 rings (SSSR count). The van der Waals surface area contributed by atoms with Crippen LogP contribution in [-0.4, -0.2) is 5.91 Å². The fourth-order valence-electron chi connectivity index (χ4n) is 2.69. The Hall–Kier alpha value is -0.530. The van der Waals surface area contributed by atoms with Crippen molar-refractivity contribution < 1.29 is 4.79 Å². The van der Waals surface area contributed by atoms with Crippen molar-refractivity contribution in [2.75, 3.05) is 0 Å².